The van der Waals surface area contributed by atoms with Crippen molar-refractivity contribution in [2.45, 2.75) is 24.9 Å². The highest BCUT2D eigenvalue weighted by molar-refractivity contribution is 5.93. The maximum absolute atomic E-state index is 13.0. The number of rotatable bonds is 11. The first-order valence-corrected chi connectivity index (χ1v) is 10.2. The first-order valence-electron chi connectivity index (χ1n) is 10.2. The third kappa shape index (κ3) is 6.40. The summed E-state index contributed by atoms with van der Waals surface area (Å²) in [7, 11) is 0. The molecule has 0 saturated heterocycles. The molecule has 0 aliphatic rings. The Morgan fingerprint density at radius 1 is 1.03 bits per heavy atom. The lowest BCUT2D eigenvalue weighted by Crippen LogP contribution is -2.54. The van der Waals surface area contributed by atoms with Gasteiger partial charge in [0.05, 0.1) is 19.4 Å². The maximum Gasteiger partial charge on any atom is 0.326 e. The van der Waals surface area contributed by atoms with Gasteiger partial charge in [-0.1, -0.05) is 18.2 Å². The Morgan fingerprint density at radius 3 is 2.52 bits per heavy atom. The zero-order chi connectivity index (χ0) is 23.8. The third-order valence-corrected chi connectivity index (χ3v) is 4.98. The van der Waals surface area contributed by atoms with Gasteiger partial charge in [0, 0.05) is 41.8 Å². The highest BCUT2D eigenvalue weighted by atomic mass is 16.4. The normalized spacial score (nSPS) is 12.6. The van der Waals surface area contributed by atoms with Gasteiger partial charge >= 0.3 is 5.97 Å². The second-order valence-corrected chi connectivity index (χ2v) is 7.34. The van der Waals surface area contributed by atoms with Gasteiger partial charge in [-0.05, 0) is 11.6 Å². The largest absolute Gasteiger partial charge is 0.480 e. The van der Waals surface area contributed by atoms with E-state index in [9.17, 15) is 24.3 Å². The number of para-hydroxylation sites is 1. The number of nitrogens with one attached hydrogen (secondary N) is 5. The van der Waals surface area contributed by atoms with E-state index in [1.54, 1.807) is 6.20 Å². The van der Waals surface area contributed by atoms with Crippen molar-refractivity contribution in [3.05, 3.63) is 54.2 Å². The summed E-state index contributed by atoms with van der Waals surface area (Å²) in [5, 5.41) is 17.8. The summed E-state index contributed by atoms with van der Waals surface area (Å²) < 4.78 is 0. The van der Waals surface area contributed by atoms with Crippen molar-refractivity contribution in [3.63, 3.8) is 0 Å². The minimum Gasteiger partial charge on any atom is -0.480 e. The molecule has 12 heteroatoms. The van der Waals surface area contributed by atoms with E-state index >= 15 is 0 Å². The number of hydrogen-bond acceptors (Lipinski definition) is 6. The van der Waals surface area contributed by atoms with Gasteiger partial charge in [-0.15, -0.1) is 0 Å². The lowest BCUT2D eigenvalue weighted by molar-refractivity contribution is -0.142. The zero-order valence-corrected chi connectivity index (χ0v) is 17.6. The molecule has 0 saturated carbocycles. The number of aromatic nitrogens is 3. The van der Waals surface area contributed by atoms with E-state index in [2.05, 4.69) is 30.9 Å². The van der Waals surface area contributed by atoms with E-state index in [0.29, 0.717) is 5.69 Å². The molecule has 33 heavy (non-hydrogen) atoms. The number of nitrogens with zero attached hydrogens (tertiary/aromatic N) is 1. The van der Waals surface area contributed by atoms with Crippen molar-refractivity contribution in [1.29, 1.82) is 0 Å². The predicted octanol–water partition coefficient (Wildman–Crippen LogP) is -1.19. The molecule has 0 bridgehead atoms. The van der Waals surface area contributed by atoms with Crippen LogP contribution in [0.1, 0.15) is 11.3 Å². The fraction of sp³-hybridized carbons (Fsp3) is 0.286. The Morgan fingerprint density at radius 2 is 1.82 bits per heavy atom. The van der Waals surface area contributed by atoms with Crippen molar-refractivity contribution in [3.8, 4) is 0 Å². The van der Waals surface area contributed by atoms with Crippen LogP contribution in [0.3, 0.4) is 0 Å². The Hall–Kier alpha value is -4.19. The molecule has 0 fully saturated rings. The molecule has 3 aromatic rings. The van der Waals surface area contributed by atoms with Crippen molar-refractivity contribution in [1.82, 2.24) is 30.9 Å². The van der Waals surface area contributed by atoms with Crippen LogP contribution >= 0.6 is 0 Å². The van der Waals surface area contributed by atoms with Crippen LogP contribution < -0.4 is 21.7 Å². The number of carbonyl (C=O) groups excluding carboxylic acids is 3. The number of aliphatic carboxylic acids is 1. The second-order valence-electron chi connectivity index (χ2n) is 7.34. The molecular weight excluding hydrogens is 430 g/mol. The number of carbonyl (C=O) groups is 4. The quantitative estimate of drug-likeness (QED) is 0.189. The molecule has 1 aromatic carbocycles. The smallest absolute Gasteiger partial charge is 0.326 e. The van der Waals surface area contributed by atoms with Gasteiger partial charge in [0.15, 0.2) is 0 Å². The highest BCUT2D eigenvalue weighted by Crippen LogP contribution is 2.19. The van der Waals surface area contributed by atoms with Crippen LogP contribution in [0.2, 0.25) is 0 Å². The van der Waals surface area contributed by atoms with Crippen molar-refractivity contribution < 1.29 is 24.3 Å². The van der Waals surface area contributed by atoms with Crippen LogP contribution in [0.5, 0.6) is 0 Å². The molecule has 174 valence electrons. The summed E-state index contributed by atoms with van der Waals surface area (Å²) in [4.78, 5) is 58.2. The Labute approximate surface area is 188 Å². The van der Waals surface area contributed by atoms with Crippen LogP contribution in [-0.2, 0) is 32.0 Å². The van der Waals surface area contributed by atoms with Crippen molar-refractivity contribution in [2.75, 3.05) is 13.1 Å². The van der Waals surface area contributed by atoms with Crippen LogP contribution in [-0.4, -0.2) is 68.9 Å². The molecule has 8 N–H and O–H groups in total. The zero-order valence-electron chi connectivity index (χ0n) is 17.6. The molecule has 0 radical (unpaired) electrons. The molecule has 0 aliphatic heterocycles. The number of hydrogen-bond donors (Lipinski definition) is 7. The number of carboxylic acid groups (broad SMARTS) is 1. The molecule has 3 rings (SSSR count). The van der Waals surface area contributed by atoms with Crippen LogP contribution in [0, 0.1) is 0 Å². The van der Waals surface area contributed by atoms with E-state index < -0.39 is 35.8 Å². The number of carboxylic acids is 1. The van der Waals surface area contributed by atoms with E-state index in [0.717, 1.165) is 16.5 Å². The van der Waals surface area contributed by atoms with Gasteiger partial charge in [0.1, 0.15) is 12.1 Å². The van der Waals surface area contributed by atoms with E-state index in [1.807, 2.05) is 24.3 Å². The molecule has 0 aliphatic carbocycles. The van der Waals surface area contributed by atoms with E-state index in [-0.39, 0.29) is 25.9 Å². The second kappa shape index (κ2) is 10.9. The van der Waals surface area contributed by atoms with Crippen LogP contribution in [0.25, 0.3) is 10.9 Å². The van der Waals surface area contributed by atoms with Gasteiger partial charge in [-0.25, -0.2) is 9.78 Å². The number of H-pyrrole nitrogens is 2. The van der Waals surface area contributed by atoms with Crippen LogP contribution in [0.4, 0.5) is 0 Å². The summed E-state index contributed by atoms with van der Waals surface area (Å²) in [6.07, 6.45) is 4.69. The molecule has 2 atom stereocenters. The van der Waals surface area contributed by atoms with E-state index in [4.69, 9.17) is 5.73 Å². The molecule has 2 unspecified atom stereocenters. The SMILES string of the molecule is NCC(=O)NCC(=O)NC(Cc1c[nH]c2ccccc12)C(=O)NC(Cc1cnc[nH]1)C(=O)O. The lowest BCUT2D eigenvalue weighted by Gasteiger charge is -2.21. The van der Waals surface area contributed by atoms with Crippen LogP contribution in [0.15, 0.2) is 43.0 Å². The number of benzene rings is 1. The average molecular weight is 455 g/mol. The number of nitrogens with two attached hydrogens (primary N) is 1. The number of amides is 3. The number of imidazole rings is 1. The molecule has 12 nitrogen and oxygen atoms in total. The predicted molar refractivity (Wildman–Crippen MR) is 118 cm³/mol. The summed E-state index contributed by atoms with van der Waals surface area (Å²) in [6, 6.07) is 5.13. The lowest BCUT2D eigenvalue weighted by atomic mass is 10.0. The minimum atomic E-state index is -1.24. The van der Waals surface area contributed by atoms with Crippen molar-refractivity contribution >= 4 is 34.6 Å². The minimum absolute atomic E-state index is 0.0125. The summed E-state index contributed by atoms with van der Waals surface area (Å²) in [5.74, 6) is -3.04. The molecule has 3 amide bonds. The highest BCUT2D eigenvalue weighted by Gasteiger charge is 2.28. The third-order valence-electron chi connectivity index (χ3n) is 4.98. The summed E-state index contributed by atoms with van der Waals surface area (Å²) in [6.45, 7) is -0.648. The monoisotopic (exact) mass is 455 g/mol. The first-order chi connectivity index (χ1) is 15.9. The van der Waals surface area contributed by atoms with Gasteiger partial charge in [0.25, 0.3) is 0 Å². The number of aromatic amines is 2. The fourth-order valence-corrected chi connectivity index (χ4v) is 3.31. The molecular formula is C21H25N7O5. The topological polar surface area (TPSA) is 195 Å². The Balaban J connectivity index is 1.76. The summed E-state index contributed by atoms with van der Waals surface area (Å²) >= 11 is 0. The van der Waals surface area contributed by atoms with Gasteiger partial charge in [-0.2, -0.15) is 0 Å². The number of fused-ring (bicyclic) bond motifs is 1. The van der Waals surface area contributed by atoms with Gasteiger partial charge in [-0.3, -0.25) is 14.4 Å². The standard InChI is InChI=1S/C21H25N7O5/c22-7-18(29)25-10-19(30)27-16(5-12-8-24-15-4-2-1-3-14(12)15)20(31)28-17(21(32)33)6-13-9-23-11-26-13/h1-4,8-9,11,16-17,24H,5-7,10,22H2,(H,23,26)(H,25,29)(H,27,30)(H,28,31)(H,32,33). The fourth-order valence-electron chi connectivity index (χ4n) is 3.31. The molecule has 0 spiro atoms. The molecule has 2 heterocycles. The van der Waals surface area contributed by atoms with Crippen molar-refractivity contribution in [2.24, 2.45) is 5.73 Å². The van der Waals surface area contributed by atoms with Gasteiger partial charge in [0.2, 0.25) is 17.7 Å². The summed E-state index contributed by atoms with van der Waals surface area (Å²) in [5.41, 5.74) is 7.37. The first kappa shape index (κ1) is 23.5. The van der Waals surface area contributed by atoms with Gasteiger partial charge < -0.3 is 36.8 Å². The van der Waals surface area contributed by atoms with E-state index in [1.165, 1.54) is 12.5 Å². The maximum atomic E-state index is 13.0. The molecule has 2 aromatic heterocycles. The Bertz CT molecular complexity index is 1130. The Kier molecular flexibility index (Phi) is 7.76. The average Bonchev–Trinajstić information content (AvgIpc) is 3.46.